The third-order valence-electron chi connectivity index (χ3n) is 4.35. The van der Waals surface area contributed by atoms with Gasteiger partial charge in [0.2, 0.25) is 0 Å². The number of pyridine rings is 1. The minimum absolute atomic E-state index is 0.0815. The number of nitrogens with zero attached hydrogens (tertiary/aromatic N) is 2. The summed E-state index contributed by atoms with van der Waals surface area (Å²) in [5, 5.41) is 3.19. The van der Waals surface area contributed by atoms with Crippen molar-refractivity contribution in [1.29, 1.82) is 0 Å². The van der Waals surface area contributed by atoms with E-state index >= 15 is 0 Å². The maximum atomic E-state index is 15.0. The van der Waals surface area contributed by atoms with Crippen LogP contribution in [0.1, 0.15) is 11.3 Å². The number of rotatable bonds is 4. The van der Waals surface area contributed by atoms with E-state index in [1.165, 1.54) is 6.07 Å². The summed E-state index contributed by atoms with van der Waals surface area (Å²) in [5.41, 5.74) is 0.580. The second-order valence-corrected chi connectivity index (χ2v) is 6.78. The number of hydrogen-bond donors (Lipinski definition) is 1. The number of aryl methyl sites for hydroxylation is 1. The van der Waals surface area contributed by atoms with Gasteiger partial charge in [-0.05, 0) is 42.2 Å². The molecule has 0 aliphatic rings. The zero-order valence-corrected chi connectivity index (χ0v) is 15.3. The maximum absolute atomic E-state index is 15.0. The van der Waals surface area contributed by atoms with Gasteiger partial charge < -0.3 is 10.1 Å². The molecule has 0 saturated carbocycles. The monoisotopic (exact) mass is 389 g/mol. The molecule has 0 fully saturated rings. The summed E-state index contributed by atoms with van der Waals surface area (Å²) in [7, 11) is 1.55. The molecule has 2 heterocycles. The van der Waals surface area contributed by atoms with Crippen molar-refractivity contribution in [3.05, 3.63) is 59.0 Å². The average molecular weight is 389 g/mol. The predicted octanol–water partition coefficient (Wildman–Crippen LogP) is 5.19. The molecule has 4 nitrogen and oxygen atoms in total. The Morgan fingerprint density at radius 3 is 2.48 bits per heavy atom. The van der Waals surface area contributed by atoms with Crippen LogP contribution in [0.25, 0.3) is 21.1 Å². The lowest BCUT2D eigenvalue weighted by Crippen LogP contribution is -2.07. The summed E-state index contributed by atoms with van der Waals surface area (Å²) in [6, 6.07) is 8.44. The molecule has 4 aromatic rings. The lowest BCUT2D eigenvalue weighted by Gasteiger charge is -2.12. The van der Waals surface area contributed by atoms with Crippen molar-refractivity contribution in [3.8, 4) is 5.75 Å². The van der Waals surface area contributed by atoms with Crippen LogP contribution in [0.2, 0.25) is 0 Å². The van der Waals surface area contributed by atoms with Crippen molar-refractivity contribution in [2.24, 2.45) is 0 Å². The van der Waals surface area contributed by atoms with E-state index in [0.717, 1.165) is 17.1 Å². The maximum Gasteiger partial charge on any atom is 0.187 e. The first kappa shape index (κ1) is 17.5. The molecule has 138 valence electrons. The van der Waals surface area contributed by atoms with Gasteiger partial charge in [0.1, 0.15) is 21.8 Å². The van der Waals surface area contributed by atoms with Crippen LogP contribution in [0.15, 0.2) is 30.3 Å². The highest BCUT2D eigenvalue weighted by molar-refractivity contribution is 7.13. The number of anilines is 1. The SMILES string of the molecule is COc1ccc(CNc2c(F)c(F)c3nc4snc(C)c4cc3c2F)cc1. The minimum atomic E-state index is -1.29. The van der Waals surface area contributed by atoms with E-state index in [-0.39, 0.29) is 17.4 Å². The molecule has 0 spiro atoms. The fourth-order valence-electron chi connectivity index (χ4n) is 2.85. The fraction of sp³-hybridized carbons (Fsp3) is 0.158. The summed E-state index contributed by atoms with van der Waals surface area (Å²) in [5.74, 6) is -2.68. The molecular formula is C19H14F3N3OS. The van der Waals surface area contributed by atoms with Crippen LogP contribution in [0.4, 0.5) is 18.9 Å². The largest absolute Gasteiger partial charge is 0.497 e. The number of ether oxygens (including phenoxy) is 1. The van der Waals surface area contributed by atoms with Gasteiger partial charge in [0.15, 0.2) is 17.5 Å². The fourth-order valence-corrected chi connectivity index (χ4v) is 3.61. The summed E-state index contributed by atoms with van der Waals surface area (Å²) >= 11 is 1.07. The van der Waals surface area contributed by atoms with Crippen molar-refractivity contribution >= 4 is 38.3 Å². The van der Waals surface area contributed by atoms with Crippen LogP contribution >= 0.6 is 11.5 Å². The number of fused-ring (bicyclic) bond motifs is 2. The number of aromatic nitrogens is 2. The van der Waals surface area contributed by atoms with E-state index in [2.05, 4.69) is 14.7 Å². The molecule has 0 bridgehead atoms. The second kappa shape index (κ2) is 6.70. The zero-order chi connectivity index (χ0) is 19.1. The highest BCUT2D eigenvalue weighted by Gasteiger charge is 2.22. The molecule has 2 aromatic heterocycles. The Kier molecular flexibility index (Phi) is 4.35. The molecule has 4 rings (SSSR count). The molecule has 0 aliphatic carbocycles. The molecule has 27 heavy (non-hydrogen) atoms. The molecule has 0 amide bonds. The Bertz CT molecular complexity index is 1160. The van der Waals surface area contributed by atoms with Crippen LogP contribution in [-0.4, -0.2) is 16.5 Å². The Hall–Kier alpha value is -2.87. The number of halogens is 3. The van der Waals surface area contributed by atoms with Crippen molar-refractivity contribution < 1.29 is 17.9 Å². The lowest BCUT2D eigenvalue weighted by molar-refractivity contribution is 0.414. The predicted molar refractivity (Wildman–Crippen MR) is 99.9 cm³/mol. The van der Waals surface area contributed by atoms with Crippen molar-refractivity contribution in [3.63, 3.8) is 0 Å². The van der Waals surface area contributed by atoms with E-state index in [4.69, 9.17) is 4.74 Å². The standard InChI is InChI=1S/C19H14F3N3OS/c1-9-12-7-13-14(20)18(23-8-10-3-5-11(26-2)6-4-10)16(22)15(21)17(13)24-19(12)27-25-9/h3-7,23H,8H2,1-2H3. The van der Waals surface area contributed by atoms with E-state index in [1.54, 1.807) is 38.3 Å². The number of benzene rings is 2. The molecule has 0 unspecified atom stereocenters. The van der Waals surface area contributed by atoms with Crippen molar-refractivity contribution in [2.45, 2.75) is 13.5 Å². The van der Waals surface area contributed by atoms with E-state index in [9.17, 15) is 13.2 Å². The van der Waals surface area contributed by atoms with Crippen LogP contribution < -0.4 is 10.1 Å². The number of hydrogen-bond acceptors (Lipinski definition) is 5. The minimum Gasteiger partial charge on any atom is -0.497 e. The zero-order valence-electron chi connectivity index (χ0n) is 14.4. The van der Waals surface area contributed by atoms with Gasteiger partial charge >= 0.3 is 0 Å². The smallest absolute Gasteiger partial charge is 0.187 e. The van der Waals surface area contributed by atoms with Crippen LogP contribution in [0, 0.1) is 24.4 Å². The Morgan fingerprint density at radius 1 is 1.04 bits per heavy atom. The number of methoxy groups -OCH3 is 1. The Morgan fingerprint density at radius 2 is 1.78 bits per heavy atom. The van der Waals surface area contributed by atoms with Gasteiger partial charge in [0.25, 0.3) is 0 Å². The third-order valence-corrected chi connectivity index (χ3v) is 5.20. The van der Waals surface area contributed by atoms with Crippen LogP contribution in [0.3, 0.4) is 0 Å². The van der Waals surface area contributed by atoms with E-state index in [0.29, 0.717) is 21.7 Å². The molecular weight excluding hydrogens is 375 g/mol. The lowest BCUT2D eigenvalue weighted by atomic mass is 10.1. The van der Waals surface area contributed by atoms with Gasteiger partial charge in [0, 0.05) is 17.3 Å². The first-order chi connectivity index (χ1) is 13.0. The van der Waals surface area contributed by atoms with Crippen molar-refractivity contribution in [2.75, 3.05) is 12.4 Å². The first-order valence-electron chi connectivity index (χ1n) is 8.09. The van der Waals surface area contributed by atoms with Gasteiger partial charge in [-0.25, -0.2) is 18.2 Å². The first-order valence-corrected chi connectivity index (χ1v) is 8.87. The van der Waals surface area contributed by atoms with Gasteiger partial charge in [0.05, 0.1) is 12.8 Å². The second-order valence-electron chi connectivity index (χ2n) is 6.02. The molecule has 0 saturated heterocycles. The topological polar surface area (TPSA) is 47.0 Å². The van der Waals surface area contributed by atoms with Gasteiger partial charge in [-0.2, -0.15) is 4.37 Å². The molecule has 0 radical (unpaired) electrons. The summed E-state index contributed by atoms with van der Waals surface area (Å²) in [6.07, 6.45) is 0. The quantitative estimate of drug-likeness (QED) is 0.488. The summed E-state index contributed by atoms with van der Waals surface area (Å²) in [4.78, 5) is 4.50. The molecule has 2 aromatic carbocycles. The highest BCUT2D eigenvalue weighted by Crippen LogP contribution is 2.34. The average Bonchev–Trinajstić information content (AvgIpc) is 3.05. The van der Waals surface area contributed by atoms with Gasteiger partial charge in [-0.15, -0.1) is 0 Å². The molecule has 0 aliphatic heterocycles. The summed E-state index contributed by atoms with van der Waals surface area (Å²) < 4.78 is 53.1. The van der Waals surface area contributed by atoms with Crippen LogP contribution in [0.5, 0.6) is 5.75 Å². The van der Waals surface area contributed by atoms with Crippen molar-refractivity contribution in [1.82, 2.24) is 9.36 Å². The number of nitrogens with one attached hydrogen (secondary N) is 1. The van der Waals surface area contributed by atoms with Gasteiger partial charge in [-0.1, -0.05) is 12.1 Å². The molecule has 1 N–H and O–H groups in total. The normalized spacial score (nSPS) is 11.3. The van der Waals surface area contributed by atoms with Gasteiger partial charge in [-0.3, -0.25) is 0 Å². The Labute approximate surface area is 156 Å². The molecule has 8 heteroatoms. The Balaban J connectivity index is 1.77. The van der Waals surface area contributed by atoms with Crippen LogP contribution in [-0.2, 0) is 6.54 Å². The summed E-state index contributed by atoms with van der Waals surface area (Å²) in [6.45, 7) is 1.88. The third kappa shape index (κ3) is 2.95. The molecule has 0 atom stereocenters. The van der Waals surface area contributed by atoms with E-state index in [1.807, 2.05) is 0 Å². The van der Waals surface area contributed by atoms with E-state index < -0.39 is 23.1 Å². The highest BCUT2D eigenvalue weighted by atomic mass is 32.1.